The number of nitrogens with one attached hydrogen (secondary N) is 1. The smallest absolute Gasteiger partial charge is 0.246 e. The number of benzene rings is 1. The minimum atomic E-state index is -0.190. The molecule has 0 saturated heterocycles. The second-order valence-electron chi connectivity index (χ2n) is 3.83. The van der Waals surface area contributed by atoms with E-state index in [1.54, 1.807) is 0 Å². The SMILES string of the molecule is Cc1ccc(NC(=O)Cn2cnc(N)n2)c(Br)c1. The summed E-state index contributed by atoms with van der Waals surface area (Å²) in [6, 6.07) is 5.70. The van der Waals surface area contributed by atoms with Gasteiger partial charge in [-0.25, -0.2) is 9.67 Å². The molecule has 0 unspecified atom stereocenters. The van der Waals surface area contributed by atoms with E-state index in [2.05, 4.69) is 31.3 Å². The minimum absolute atomic E-state index is 0.0739. The first-order valence-electron chi connectivity index (χ1n) is 5.25. The summed E-state index contributed by atoms with van der Waals surface area (Å²) >= 11 is 3.40. The maximum Gasteiger partial charge on any atom is 0.246 e. The average molecular weight is 310 g/mol. The highest BCUT2D eigenvalue weighted by Crippen LogP contribution is 2.23. The fourth-order valence-corrected chi connectivity index (χ4v) is 2.04. The number of carbonyl (C=O) groups excluding carboxylic acids is 1. The van der Waals surface area contributed by atoms with E-state index in [0.29, 0.717) is 0 Å². The molecular weight excluding hydrogens is 298 g/mol. The molecule has 3 N–H and O–H groups in total. The third-order valence-electron chi connectivity index (χ3n) is 2.26. The summed E-state index contributed by atoms with van der Waals surface area (Å²) < 4.78 is 2.22. The molecule has 1 aromatic carbocycles. The summed E-state index contributed by atoms with van der Waals surface area (Å²) in [5.74, 6) is -0.0382. The predicted octanol–water partition coefficient (Wildman–Crippen LogP) is 1.57. The van der Waals surface area contributed by atoms with Crippen molar-refractivity contribution in [3.05, 3.63) is 34.6 Å². The normalized spacial score (nSPS) is 10.3. The number of halogens is 1. The first-order chi connectivity index (χ1) is 8.54. The lowest BCUT2D eigenvalue weighted by molar-refractivity contribution is -0.116. The monoisotopic (exact) mass is 309 g/mol. The van der Waals surface area contributed by atoms with Gasteiger partial charge >= 0.3 is 0 Å². The lowest BCUT2D eigenvalue weighted by atomic mass is 10.2. The molecule has 0 aliphatic carbocycles. The van der Waals surface area contributed by atoms with Crippen LogP contribution in [0.2, 0.25) is 0 Å². The van der Waals surface area contributed by atoms with Crippen LogP contribution in [0.1, 0.15) is 5.56 Å². The maximum atomic E-state index is 11.8. The molecule has 1 aromatic heterocycles. The predicted molar refractivity (Wildman–Crippen MR) is 71.9 cm³/mol. The van der Waals surface area contributed by atoms with E-state index in [-0.39, 0.29) is 18.4 Å². The second kappa shape index (κ2) is 5.18. The molecule has 0 atom stereocenters. The third-order valence-corrected chi connectivity index (χ3v) is 2.91. The number of hydrogen-bond donors (Lipinski definition) is 2. The van der Waals surface area contributed by atoms with Crippen molar-refractivity contribution < 1.29 is 4.79 Å². The first-order valence-corrected chi connectivity index (χ1v) is 6.05. The van der Waals surface area contributed by atoms with Gasteiger partial charge in [-0.15, -0.1) is 5.10 Å². The Balaban J connectivity index is 2.03. The number of aromatic nitrogens is 3. The summed E-state index contributed by atoms with van der Waals surface area (Å²) in [6.45, 7) is 2.05. The van der Waals surface area contributed by atoms with Gasteiger partial charge in [-0.2, -0.15) is 0 Å². The van der Waals surface area contributed by atoms with Crippen molar-refractivity contribution in [3.63, 3.8) is 0 Å². The number of aryl methyl sites for hydroxylation is 1. The van der Waals surface area contributed by atoms with Crippen LogP contribution in [0.25, 0.3) is 0 Å². The summed E-state index contributed by atoms with van der Waals surface area (Å²) in [6.07, 6.45) is 1.42. The molecular formula is C11H12BrN5O. The lowest BCUT2D eigenvalue weighted by Gasteiger charge is -2.07. The highest BCUT2D eigenvalue weighted by atomic mass is 79.9. The molecule has 18 heavy (non-hydrogen) atoms. The van der Waals surface area contributed by atoms with Crippen LogP contribution in [0.5, 0.6) is 0 Å². The zero-order valence-corrected chi connectivity index (χ0v) is 11.3. The van der Waals surface area contributed by atoms with Gasteiger partial charge in [-0.1, -0.05) is 6.07 Å². The standard InChI is InChI=1S/C11H12BrN5O/c1-7-2-3-9(8(12)4-7)15-10(18)5-17-6-14-11(13)16-17/h2-4,6H,5H2,1H3,(H2,13,16)(H,15,18). The Bertz CT molecular complexity index is 581. The van der Waals surface area contributed by atoms with E-state index in [1.807, 2.05) is 25.1 Å². The highest BCUT2D eigenvalue weighted by molar-refractivity contribution is 9.10. The maximum absolute atomic E-state index is 11.8. The number of nitrogens with zero attached hydrogens (tertiary/aromatic N) is 3. The van der Waals surface area contributed by atoms with Crippen molar-refractivity contribution in [2.75, 3.05) is 11.1 Å². The highest BCUT2D eigenvalue weighted by Gasteiger charge is 2.07. The molecule has 0 aliphatic heterocycles. The molecule has 6 nitrogen and oxygen atoms in total. The molecule has 0 aliphatic rings. The number of amides is 1. The number of carbonyl (C=O) groups is 1. The molecule has 0 bridgehead atoms. The van der Waals surface area contributed by atoms with Crippen LogP contribution in [0.4, 0.5) is 11.6 Å². The van der Waals surface area contributed by atoms with E-state index >= 15 is 0 Å². The zero-order valence-electron chi connectivity index (χ0n) is 9.72. The largest absolute Gasteiger partial charge is 0.367 e. The fourth-order valence-electron chi connectivity index (χ4n) is 1.44. The number of hydrogen-bond acceptors (Lipinski definition) is 4. The van der Waals surface area contributed by atoms with Crippen molar-refractivity contribution in [2.45, 2.75) is 13.5 Å². The van der Waals surface area contributed by atoms with Gasteiger partial charge in [0.2, 0.25) is 11.9 Å². The van der Waals surface area contributed by atoms with Crippen molar-refractivity contribution in [2.24, 2.45) is 0 Å². The van der Waals surface area contributed by atoms with Gasteiger partial charge in [0.05, 0.1) is 5.69 Å². The van der Waals surface area contributed by atoms with E-state index in [9.17, 15) is 4.79 Å². The van der Waals surface area contributed by atoms with E-state index in [1.165, 1.54) is 11.0 Å². The molecule has 0 radical (unpaired) electrons. The number of nitrogen functional groups attached to an aromatic ring is 1. The van der Waals surface area contributed by atoms with Gasteiger partial charge in [0.25, 0.3) is 0 Å². The topological polar surface area (TPSA) is 85.8 Å². The average Bonchev–Trinajstić information content (AvgIpc) is 2.68. The van der Waals surface area contributed by atoms with Crippen LogP contribution in [-0.4, -0.2) is 20.7 Å². The van der Waals surface area contributed by atoms with Gasteiger partial charge in [0.15, 0.2) is 0 Å². The van der Waals surface area contributed by atoms with Gasteiger partial charge in [-0.3, -0.25) is 4.79 Å². The molecule has 1 amide bonds. The number of anilines is 2. The Morgan fingerprint density at radius 1 is 1.56 bits per heavy atom. The van der Waals surface area contributed by atoms with Gasteiger partial charge in [-0.05, 0) is 40.5 Å². The third kappa shape index (κ3) is 3.07. The van der Waals surface area contributed by atoms with Crippen LogP contribution in [0.15, 0.2) is 29.0 Å². The number of rotatable bonds is 3. The van der Waals surface area contributed by atoms with E-state index in [0.717, 1.165) is 15.7 Å². The molecule has 2 aromatic rings. The minimum Gasteiger partial charge on any atom is -0.367 e. The van der Waals surface area contributed by atoms with Gasteiger partial charge < -0.3 is 11.1 Å². The van der Waals surface area contributed by atoms with Gasteiger partial charge in [0.1, 0.15) is 12.9 Å². The van der Waals surface area contributed by atoms with E-state index < -0.39 is 0 Å². The number of nitrogens with two attached hydrogens (primary N) is 1. The molecule has 2 rings (SSSR count). The first kappa shape index (κ1) is 12.6. The van der Waals surface area contributed by atoms with Crippen LogP contribution in [0.3, 0.4) is 0 Å². The fraction of sp³-hybridized carbons (Fsp3) is 0.182. The van der Waals surface area contributed by atoms with Crippen LogP contribution in [-0.2, 0) is 11.3 Å². The molecule has 0 saturated carbocycles. The van der Waals surface area contributed by atoms with E-state index in [4.69, 9.17) is 5.73 Å². The Morgan fingerprint density at radius 3 is 2.94 bits per heavy atom. The summed E-state index contributed by atoms with van der Waals surface area (Å²) in [5, 5.41) is 6.62. The van der Waals surface area contributed by atoms with Crippen LogP contribution >= 0.6 is 15.9 Å². The van der Waals surface area contributed by atoms with Crippen LogP contribution in [0, 0.1) is 6.92 Å². The lowest BCUT2D eigenvalue weighted by Crippen LogP contribution is -2.19. The Labute approximate surface area is 112 Å². The van der Waals surface area contributed by atoms with Crippen molar-refractivity contribution in [3.8, 4) is 0 Å². The molecule has 0 spiro atoms. The zero-order chi connectivity index (χ0) is 13.1. The second-order valence-corrected chi connectivity index (χ2v) is 4.69. The summed E-state index contributed by atoms with van der Waals surface area (Å²) in [7, 11) is 0. The summed E-state index contributed by atoms with van der Waals surface area (Å²) in [4.78, 5) is 15.5. The van der Waals surface area contributed by atoms with Gasteiger partial charge in [0, 0.05) is 4.47 Å². The molecule has 94 valence electrons. The van der Waals surface area contributed by atoms with Crippen molar-refractivity contribution >= 4 is 33.5 Å². The van der Waals surface area contributed by atoms with Crippen molar-refractivity contribution in [1.29, 1.82) is 0 Å². The molecule has 0 fully saturated rings. The van der Waals surface area contributed by atoms with Crippen LogP contribution < -0.4 is 11.1 Å². The Hall–Kier alpha value is -1.89. The summed E-state index contributed by atoms with van der Waals surface area (Å²) in [5.41, 5.74) is 7.20. The molecule has 7 heteroatoms. The Morgan fingerprint density at radius 2 is 2.33 bits per heavy atom. The Kier molecular flexibility index (Phi) is 3.61. The van der Waals surface area contributed by atoms with Crippen molar-refractivity contribution in [1.82, 2.24) is 14.8 Å². The quantitative estimate of drug-likeness (QED) is 0.901. The molecule has 1 heterocycles.